The van der Waals surface area contributed by atoms with Gasteiger partial charge >= 0.3 is 0 Å². The molecule has 9 nitrogen and oxygen atoms in total. The fourth-order valence-electron chi connectivity index (χ4n) is 4.70. The number of piperidine rings is 1. The van der Waals surface area contributed by atoms with Gasteiger partial charge in [-0.05, 0) is 18.4 Å². The monoisotopic (exact) mass is 442 g/mol. The molecule has 0 aliphatic carbocycles. The summed E-state index contributed by atoms with van der Waals surface area (Å²) in [7, 11) is 0. The Labute approximate surface area is 187 Å². The van der Waals surface area contributed by atoms with Crippen LogP contribution >= 0.6 is 0 Å². The maximum Gasteiger partial charge on any atom is 0.243 e. The molecule has 1 spiro atoms. The molecule has 1 aromatic carbocycles. The molecule has 0 saturated carbocycles. The van der Waals surface area contributed by atoms with Crippen LogP contribution in [0, 0.1) is 0 Å². The number of hydrogen-bond acceptors (Lipinski definition) is 5. The van der Waals surface area contributed by atoms with E-state index in [0.29, 0.717) is 52.0 Å². The molecule has 0 radical (unpaired) electrons. The fourth-order valence-corrected chi connectivity index (χ4v) is 4.70. The predicted octanol–water partition coefficient (Wildman–Crippen LogP) is -0.158. The van der Waals surface area contributed by atoms with E-state index in [9.17, 15) is 19.2 Å². The van der Waals surface area contributed by atoms with E-state index in [1.807, 2.05) is 30.3 Å². The number of amides is 4. The van der Waals surface area contributed by atoms with Crippen LogP contribution in [0.4, 0.5) is 0 Å². The van der Waals surface area contributed by atoms with Crippen molar-refractivity contribution in [2.45, 2.75) is 50.3 Å². The van der Waals surface area contributed by atoms with Crippen LogP contribution in [0.2, 0.25) is 0 Å². The molecule has 2 N–H and O–H groups in total. The number of rotatable bonds is 4. The number of carbonyl (C=O) groups excluding carboxylic acids is 4. The number of carbonyl (C=O) groups is 4. The summed E-state index contributed by atoms with van der Waals surface area (Å²) in [5, 5.41) is 5.47. The van der Waals surface area contributed by atoms with Gasteiger partial charge in [0.05, 0.1) is 18.6 Å². The highest BCUT2D eigenvalue weighted by molar-refractivity contribution is 5.99. The summed E-state index contributed by atoms with van der Waals surface area (Å²) in [5.74, 6) is -0.735. The van der Waals surface area contributed by atoms with Gasteiger partial charge in [0.1, 0.15) is 12.1 Å². The molecule has 0 bridgehead atoms. The van der Waals surface area contributed by atoms with Crippen molar-refractivity contribution in [1.29, 1.82) is 0 Å². The maximum absolute atomic E-state index is 12.8. The van der Waals surface area contributed by atoms with Gasteiger partial charge in [0.15, 0.2) is 0 Å². The average molecular weight is 443 g/mol. The molecule has 3 aliphatic rings. The molecule has 9 heteroatoms. The molecular formula is C23H30N4O5. The Morgan fingerprint density at radius 3 is 2.34 bits per heavy atom. The van der Waals surface area contributed by atoms with Crippen LogP contribution in [0.25, 0.3) is 0 Å². The summed E-state index contributed by atoms with van der Waals surface area (Å²) >= 11 is 0. The van der Waals surface area contributed by atoms with Gasteiger partial charge in [0, 0.05) is 39.5 Å². The lowest BCUT2D eigenvalue weighted by Crippen LogP contribution is -2.63. The number of benzene rings is 1. The number of morpholine rings is 1. The van der Waals surface area contributed by atoms with E-state index in [2.05, 4.69) is 10.6 Å². The van der Waals surface area contributed by atoms with E-state index < -0.39 is 17.7 Å². The van der Waals surface area contributed by atoms with Gasteiger partial charge in [-0.2, -0.15) is 0 Å². The lowest BCUT2D eigenvalue weighted by Gasteiger charge is -2.47. The Kier molecular flexibility index (Phi) is 6.45. The zero-order valence-corrected chi connectivity index (χ0v) is 18.3. The van der Waals surface area contributed by atoms with Crippen LogP contribution in [0.1, 0.15) is 31.7 Å². The van der Waals surface area contributed by atoms with Gasteiger partial charge in [-0.3, -0.25) is 19.2 Å². The highest BCUT2D eigenvalue weighted by atomic mass is 16.5. The molecule has 3 heterocycles. The number of ether oxygens (including phenoxy) is 1. The van der Waals surface area contributed by atoms with Crippen molar-refractivity contribution >= 4 is 23.6 Å². The highest BCUT2D eigenvalue weighted by Gasteiger charge is 2.42. The molecule has 0 unspecified atom stereocenters. The van der Waals surface area contributed by atoms with Crippen LogP contribution in [0.15, 0.2) is 30.3 Å². The summed E-state index contributed by atoms with van der Waals surface area (Å²) in [5.41, 5.74) is 0.555. The average Bonchev–Trinajstić information content (AvgIpc) is 2.78. The third-order valence-corrected chi connectivity index (χ3v) is 6.65. The normalized spacial score (nSPS) is 25.3. The van der Waals surface area contributed by atoms with Gasteiger partial charge in [-0.25, -0.2) is 0 Å². The predicted molar refractivity (Wildman–Crippen MR) is 115 cm³/mol. The first-order chi connectivity index (χ1) is 15.3. The first-order valence-corrected chi connectivity index (χ1v) is 11.2. The van der Waals surface area contributed by atoms with Crippen molar-refractivity contribution in [2.75, 3.05) is 32.8 Å². The number of likely N-dealkylation sites (tertiary alicyclic amines) is 1. The first kappa shape index (κ1) is 22.3. The van der Waals surface area contributed by atoms with Crippen LogP contribution in [0.3, 0.4) is 0 Å². The Morgan fingerprint density at radius 1 is 1.00 bits per heavy atom. The van der Waals surface area contributed by atoms with E-state index in [1.54, 1.807) is 16.7 Å². The third kappa shape index (κ3) is 4.93. The summed E-state index contributed by atoms with van der Waals surface area (Å²) < 4.78 is 6.00. The van der Waals surface area contributed by atoms with Crippen LogP contribution in [0.5, 0.6) is 0 Å². The molecule has 3 fully saturated rings. The Balaban J connectivity index is 1.28. The molecular weight excluding hydrogens is 412 g/mol. The van der Waals surface area contributed by atoms with Gasteiger partial charge in [-0.1, -0.05) is 30.3 Å². The van der Waals surface area contributed by atoms with Crippen molar-refractivity contribution in [3.05, 3.63) is 35.9 Å². The molecule has 3 saturated heterocycles. The fraction of sp³-hybridized carbons (Fsp3) is 0.565. The first-order valence-electron chi connectivity index (χ1n) is 11.2. The quantitative estimate of drug-likeness (QED) is 0.674. The van der Waals surface area contributed by atoms with Gasteiger partial charge < -0.3 is 25.2 Å². The number of piperazine rings is 1. The second kappa shape index (κ2) is 9.28. The van der Waals surface area contributed by atoms with E-state index in [4.69, 9.17) is 4.74 Å². The summed E-state index contributed by atoms with van der Waals surface area (Å²) in [4.78, 5) is 53.1. The van der Waals surface area contributed by atoms with E-state index in [-0.39, 0.29) is 30.0 Å². The van der Waals surface area contributed by atoms with E-state index >= 15 is 0 Å². The van der Waals surface area contributed by atoms with Crippen molar-refractivity contribution in [1.82, 2.24) is 20.4 Å². The van der Waals surface area contributed by atoms with Crippen LogP contribution < -0.4 is 10.6 Å². The standard InChI is InChI=1S/C23H30N4O5/c1-16(28)27-11-12-32-23(15-27)7-9-26(10-8-23)20(29)14-19-22(31)24-18(21(30)25-19)13-17-5-3-2-4-6-17/h2-6,18-19H,7-15H2,1H3,(H,24,31)(H,25,30)/t18-,19-/m0/s1. The largest absolute Gasteiger partial charge is 0.371 e. The Morgan fingerprint density at radius 2 is 1.66 bits per heavy atom. The van der Waals surface area contributed by atoms with E-state index in [0.717, 1.165) is 5.56 Å². The van der Waals surface area contributed by atoms with Crippen molar-refractivity contribution < 1.29 is 23.9 Å². The van der Waals surface area contributed by atoms with Crippen LogP contribution in [-0.4, -0.2) is 83.9 Å². The van der Waals surface area contributed by atoms with Gasteiger partial charge in [0.25, 0.3) is 0 Å². The van der Waals surface area contributed by atoms with Crippen LogP contribution in [-0.2, 0) is 30.3 Å². The highest BCUT2D eigenvalue weighted by Crippen LogP contribution is 2.30. The number of nitrogens with zero attached hydrogens (tertiary/aromatic N) is 2. The summed E-state index contributed by atoms with van der Waals surface area (Å²) in [6, 6.07) is 7.98. The van der Waals surface area contributed by atoms with Crippen molar-refractivity contribution in [3.63, 3.8) is 0 Å². The smallest absolute Gasteiger partial charge is 0.243 e. The second-order valence-corrected chi connectivity index (χ2v) is 8.87. The SMILES string of the molecule is CC(=O)N1CCOC2(CCN(C(=O)C[C@@H]3NC(=O)[C@H](Cc4ccccc4)NC3=O)CC2)C1. The van der Waals surface area contributed by atoms with E-state index in [1.165, 1.54) is 0 Å². The molecule has 4 rings (SSSR count). The minimum absolute atomic E-state index is 0.0378. The molecule has 32 heavy (non-hydrogen) atoms. The van der Waals surface area contributed by atoms with Gasteiger partial charge in [0.2, 0.25) is 23.6 Å². The second-order valence-electron chi connectivity index (χ2n) is 8.87. The number of hydrogen-bond donors (Lipinski definition) is 2. The van der Waals surface area contributed by atoms with Crippen molar-refractivity contribution in [2.24, 2.45) is 0 Å². The lowest BCUT2D eigenvalue weighted by molar-refractivity contribution is -0.162. The molecule has 3 aliphatic heterocycles. The van der Waals surface area contributed by atoms with Crippen molar-refractivity contribution in [3.8, 4) is 0 Å². The summed E-state index contributed by atoms with van der Waals surface area (Å²) in [6.45, 7) is 4.22. The minimum Gasteiger partial charge on any atom is -0.371 e. The Hall–Kier alpha value is -2.94. The molecule has 1 aromatic rings. The topological polar surface area (TPSA) is 108 Å². The zero-order chi connectivity index (χ0) is 22.7. The lowest BCUT2D eigenvalue weighted by atomic mass is 9.89. The molecule has 4 amide bonds. The van der Waals surface area contributed by atoms with Gasteiger partial charge in [-0.15, -0.1) is 0 Å². The molecule has 172 valence electrons. The molecule has 0 aromatic heterocycles. The zero-order valence-electron chi connectivity index (χ0n) is 18.3. The third-order valence-electron chi connectivity index (χ3n) is 6.65. The molecule has 2 atom stereocenters. The summed E-state index contributed by atoms with van der Waals surface area (Å²) in [6.07, 6.45) is 1.63. The minimum atomic E-state index is -0.864. The maximum atomic E-state index is 12.8. The Bertz CT molecular complexity index is 882. The number of nitrogens with one attached hydrogen (secondary N) is 2.